The smallest absolute Gasteiger partial charge is 0.119 e. The van der Waals surface area contributed by atoms with E-state index in [1.807, 2.05) is 0 Å². The number of aliphatic hydroxyl groups is 2. The van der Waals surface area contributed by atoms with Gasteiger partial charge >= 0.3 is 0 Å². The summed E-state index contributed by atoms with van der Waals surface area (Å²) in [5.74, 6) is 0. The zero-order valence-corrected chi connectivity index (χ0v) is 7.39. The van der Waals surface area contributed by atoms with Crippen molar-refractivity contribution in [1.82, 2.24) is 0 Å². The average Bonchev–Trinajstić information content (AvgIpc) is 1.97. The van der Waals surface area contributed by atoms with Gasteiger partial charge in [-0.1, -0.05) is 23.2 Å². The number of hydrogen-bond donors (Lipinski definition) is 2. The molecule has 2 nitrogen and oxygen atoms in total. The molecule has 0 aromatic carbocycles. The highest BCUT2D eigenvalue weighted by molar-refractivity contribution is 6.35. The molecule has 0 radical (unpaired) electrons. The van der Waals surface area contributed by atoms with Crippen molar-refractivity contribution >= 4 is 23.2 Å². The van der Waals surface area contributed by atoms with Crippen molar-refractivity contribution in [2.24, 2.45) is 0 Å². The minimum absolute atomic E-state index is 0.174. The largest absolute Gasteiger partial charge is 0.386 e. The van der Waals surface area contributed by atoms with Crippen LogP contribution >= 0.6 is 23.2 Å². The van der Waals surface area contributed by atoms with E-state index in [0.29, 0.717) is 10.6 Å². The highest BCUT2D eigenvalue weighted by Crippen LogP contribution is 2.28. The molecule has 0 aromatic rings. The number of aliphatic hydroxyl groups excluding tert-OH is 2. The van der Waals surface area contributed by atoms with Crippen LogP contribution in [0.2, 0.25) is 0 Å². The summed E-state index contributed by atoms with van der Waals surface area (Å²) in [5, 5.41) is 19.0. The van der Waals surface area contributed by atoms with Crippen molar-refractivity contribution in [1.29, 1.82) is 0 Å². The van der Waals surface area contributed by atoms with Gasteiger partial charge in [0.15, 0.2) is 0 Å². The van der Waals surface area contributed by atoms with Crippen LogP contribution in [0.1, 0.15) is 6.92 Å². The highest BCUT2D eigenvalue weighted by atomic mass is 35.5. The first kappa shape index (κ1) is 9.07. The van der Waals surface area contributed by atoms with E-state index in [-0.39, 0.29) is 5.03 Å². The Hall–Kier alpha value is -0.0200. The maximum atomic E-state index is 9.27. The molecule has 1 aliphatic carbocycles. The van der Waals surface area contributed by atoms with Crippen LogP contribution in [0.15, 0.2) is 21.7 Å². The van der Waals surface area contributed by atoms with Crippen molar-refractivity contribution < 1.29 is 10.2 Å². The van der Waals surface area contributed by atoms with Crippen LogP contribution in [-0.4, -0.2) is 22.4 Å². The first-order valence-corrected chi connectivity index (χ1v) is 3.89. The number of rotatable bonds is 0. The molecule has 11 heavy (non-hydrogen) atoms. The minimum Gasteiger partial charge on any atom is -0.386 e. The SMILES string of the molecule is CC1=C(Cl)C=C(Cl)C(O)C1O. The Balaban J connectivity index is 3.01. The molecule has 4 heteroatoms. The molecule has 0 heterocycles. The average molecular weight is 195 g/mol. The third kappa shape index (κ3) is 1.59. The second-order valence-electron chi connectivity index (χ2n) is 2.45. The molecule has 2 atom stereocenters. The van der Waals surface area contributed by atoms with Gasteiger partial charge in [-0.25, -0.2) is 0 Å². The van der Waals surface area contributed by atoms with Crippen LogP contribution in [0.25, 0.3) is 0 Å². The minimum atomic E-state index is -1.03. The van der Waals surface area contributed by atoms with E-state index < -0.39 is 12.2 Å². The molecule has 0 amide bonds. The van der Waals surface area contributed by atoms with E-state index >= 15 is 0 Å². The van der Waals surface area contributed by atoms with Crippen molar-refractivity contribution in [3.8, 4) is 0 Å². The van der Waals surface area contributed by atoms with Crippen LogP contribution < -0.4 is 0 Å². The van der Waals surface area contributed by atoms with Gasteiger partial charge in [-0.05, 0) is 18.6 Å². The Morgan fingerprint density at radius 3 is 2.36 bits per heavy atom. The summed E-state index contributed by atoms with van der Waals surface area (Å²) in [4.78, 5) is 0. The Kier molecular flexibility index (Phi) is 2.60. The number of hydrogen-bond acceptors (Lipinski definition) is 2. The molecule has 0 bridgehead atoms. The Bertz CT molecular complexity index is 233. The molecule has 0 saturated heterocycles. The summed E-state index contributed by atoms with van der Waals surface area (Å²) in [7, 11) is 0. The molecule has 0 saturated carbocycles. The van der Waals surface area contributed by atoms with Crippen LogP contribution in [0.4, 0.5) is 0 Å². The second-order valence-corrected chi connectivity index (χ2v) is 3.29. The molecule has 0 aromatic heterocycles. The lowest BCUT2D eigenvalue weighted by molar-refractivity contribution is 0.0683. The molecule has 0 spiro atoms. The Labute approximate surface area is 74.7 Å². The predicted octanol–water partition coefficient (Wildman–Crippen LogP) is 1.36. The van der Waals surface area contributed by atoms with Gasteiger partial charge in [-0.3, -0.25) is 0 Å². The van der Waals surface area contributed by atoms with Crippen LogP contribution in [0, 0.1) is 0 Å². The van der Waals surface area contributed by atoms with Crippen LogP contribution in [-0.2, 0) is 0 Å². The lowest BCUT2D eigenvalue weighted by atomic mass is 10.0. The molecule has 0 aliphatic heterocycles. The van der Waals surface area contributed by atoms with Crippen molar-refractivity contribution in [3.63, 3.8) is 0 Å². The van der Waals surface area contributed by atoms with Gasteiger partial charge in [0.25, 0.3) is 0 Å². The van der Waals surface area contributed by atoms with Crippen molar-refractivity contribution in [2.45, 2.75) is 19.1 Å². The number of halogens is 2. The summed E-state index contributed by atoms with van der Waals surface area (Å²) in [5.41, 5.74) is 0.545. The van der Waals surface area contributed by atoms with E-state index in [2.05, 4.69) is 0 Å². The van der Waals surface area contributed by atoms with Crippen LogP contribution in [0.5, 0.6) is 0 Å². The lowest BCUT2D eigenvalue weighted by Crippen LogP contribution is -2.30. The summed E-state index contributed by atoms with van der Waals surface area (Å²) in [6, 6.07) is 0. The summed E-state index contributed by atoms with van der Waals surface area (Å²) >= 11 is 11.2. The third-order valence-corrected chi connectivity index (χ3v) is 2.41. The fourth-order valence-electron chi connectivity index (χ4n) is 0.849. The molecule has 1 rings (SSSR count). The topological polar surface area (TPSA) is 40.5 Å². The molecular weight excluding hydrogens is 187 g/mol. The molecule has 2 unspecified atom stereocenters. The standard InChI is InChI=1S/C7H8Cl2O2/c1-3-4(8)2-5(9)7(11)6(3)10/h2,6-7,10-11H,1H3. The number of allylic oxidation sites excluding steroid dienone is 2. The van der Waals surface area contributed by atoms with E-state index in [9.17, 15) is 10.2 Å². The molecule has 62 valence electrons. The third-order valence-electron chi connectivity index (χ3n) is 1.67. The summed E-state index contributed by atoms with van der Waals surface area (Å²) < 4.78 is 0. The van der Waals surface area contributed by atoms with Gasteiger partial charge in [0.2, 0.25) is 0 Å². The van der Waals surface area contributed by atoms with Gasteiger partial charge < -0.3 is 10.2 Å². The maximum absolute atomic E-state index is 9.27. The van der Waals surface area contributed by atoms with Crippen LogP contribution in [0.3, 0.4) is 0 Å². The summed E-state index contributed by atoms with van der Waals surface area (Å²) in [6.45, 7) is 1.65. The zero-order valence-electron chi connectivity index (χ0n) is 5.88. The van der Waals surface area contributed by atoms with Crippen molar-refractivity contribution in [2.75, 3.05) is 0 Å². The Morgan fingerprint density at radius 1 is 1.27 bits per heavy atom. The first-order chi connectivity index (χ1) is 5.04. The predicted molar refractivity (Wildman–Crippen MR) is 44.5 cm³/mol. The van der Waals surface area contributed by atoms with E-state index in [0.717, 1.165) is 0 Å². The normalized spacial score (nSPS) is 32.3. The van der Waals surface area contributed by atoms with Crippen molar-refractivity contribution in [3.05, 3.63) is 21.7 Å². The fraction of sp³-hybridized carbons (Fsp3) is 0.429. The Morgan fingerprint density at radius 2 is 1.82 bits per heavy atom. The lowest BCUT2D eigenvalue weighted by Gasteiger charge is -2.22. The summed E-state index contributed by atoms with van der Waals surface area (Å²) in [6.07, 6.45) is -0.560. The molecule has 2 N–H and O–H groups in total. The van der Waals surface area contributed by atoms with E-state index in [1.165, 1.54) is 6.08 Å². The molecular formula is C7H8Cl2O2. The van der Waals surface area contributed by atoms with Gasteiger partial charge in [-0.2, -0.15) is 0 Å². The van der Waals surface area contributed by atoms with Gasteiger partial charge in [-0.15, -0.1) is 0 Å². The molecule has 0 fully saturated rings. The van der Waals surface area contributed by atoms with E-state index in [4.69, 9.17) is 23.2 Å². The zero-order chi connectivity index (χ0) is 8.59. The van der Waals surface area contributed by atoms with Gasteiger partial charge in [0, 0.05) is 5.03 Å². The quantitative estimate of drug-likeness (QED) is 0.612. The fourth-order valence-corrected chi connectivity index (χ4v) is 1.36. The maximum Gasteiger partial charge on any atom is 0.119 e. The highest BCUT2D eigenvalue weighted by Gasteiger charge is 2.26. The van der Waals surface area contributed by atoms with E-state index in [1.54, 1.807) is 6.92 Å². The first-order valence-electron chi connectivity index (χ1n) is 3.13. The second kappa shape index (κ2) is 3.15. The van der Waals surface area contributed by atoms with Gasteiger partial charge in [0.05, 0.1) is 5.03 Å². The van der Waals surface area contributed by atoms with Gasteiger partial charge in [0.1, 0.15) is 12.2 Å². The molecule has 1 aliphatic rings. The monoisotopic (exact) mass is 194 g/mol.